The van der Waals surface area contributed by atoms with Crippen LogP contribution in [0.3, 0.4) is 0 Å². The predicted molar refractivity (Wildman–Crippen MR) is 262 cm³/mol. The summed E-state index contributed by atoms with van der Waals surface area (Å²) in [6.07, 6.45) is 59.1. The van der Waals surface area contributed by atoms with E-state index in [9.17, 15) is 0 Å². The summed E-state index contributed by atoms with van der Waals surface area (Å²) < 4.78 is 20.4. The van der Waals surface area contributed by atoms with E-state index in [1.54, 1.807) is 0 Å². The monoisotopic (exact) mass is 841 g/mol. The van der Waals surface area contributed by atoms with Gasteiger partial charge >= 0.3 is 8.80 Å². The highest BCUT2D eigenvalue weighted by Crippen LogP contribution is 2.24. The lowest BCUT2D eigenvalue weighted by Gasteiger charge is -2.30. The van der Waals surface area contributed by atoms with Crippen LogP contribution in [0.25, 0.3) is 0 Å². The Hall–Kier alpha value is 0.447. The molecule has 1 atom stereocenters. The first kappa shape index (κ1) is 57.4. The summed E-state index contributed by atoms with van der Waals surface area (Å²) in [7, 11) is -2.72. The van der Waals surface area contributed by atoms with Gasteiger partial charge in [-0.25, -0.2) is 0 Å². The van der Waals surface area contributed by atoms with Crippen molar-refractivity contribution in [3.05, 3.63) is 0 Å². The summed E-state index contributed by atoms with van der Waals surface area (Å²) in [5.41, 5.74) is 0. The van der Waals surface area contributed by atoms with Crippen LogP contribution in [0.4, 0.5) is 0 Å². The molecule has 0 heterocycles. The molecule has 0 radical (unpaired) electrons. The third-order valence-corrected chi connectivity index (χ3v) is 15.4. The van der Waals surface area contributed by atoms with Gasteiger partial charge < -0.3 is 13.3 Å². The standard InChI is InChI=1S/C52H108O3SSi/c1-5-8-11-14-17-20-23-26-29-32-35-38-41-44-48-53-57(51-47-52(4)56,54-49-45-42-39-36-33-30-27-24-21-18-15-12-9-6-2)55-50-46-43-40-37-34-31-28-25-22-19-16-13-10-7-3/h52,56H,5-51H2,1-4H3. The molecule has 0 amide bonds. The first-order chi connectivity index (χ1) is 28.1. The zero-order valence-corrected chi connectivity index (χ0v) is 41.9. The molecule has 0 aliphatic rings. The highest BCUT2D eigenvalue weighted by Gasteiger charge is 2.41. The van der Waals surface area contributed by atoms with Gasteiger partial charge in [0, 0.05) is 25.9 Å². The Bertz CT molecular complexity index is 638. The fraction of sp³-hybridized carbons (Fsp3) is 1.00. The van der Waals surface area contributed by atoms with Gasteiger partial charge in [-0.2, -0.15) is 12.6 Å². The Morgan fingerprint density at radius 3 is 0.649 bits per heavy atom. The molecule has 5 heteroatoms. The van der Waals surface area contributed by atoms with E-state index in [0.29, 0.717) is 5.25 Å². The molecule has 0 aliphatic carbocycles. The van der Waals surface area contributed by atoms with Crippen LogP contribution in [-0.2, 0) is 13.3 Å². The van der Waals surface area contributed by atoms with Crippen LogP contribution < -0.4 is 0 Å². The van der Waals surface area contributed by atoms with Crippen LogP contribution in [0.2, 0.25) is 6.04 Å². The molecule has 0 spiro atoms. The Kier molecular flexibility index (Phi) is 49.5. The minimum Gasteiger partial charge on any atom is -0.373 e. The number of thiol groups is 1. The van der Waals surface area contributed by atoms with E-state index in [1.165, 1.54) is 250 Å². The molecule has 3 nitrogen and oxygen atoms in total. The highest BCUT2D eigenvalue weighted by molar-refractivity contribution is 7.80. The lowest BCUT2D eigenvalue weighted by atomic mass is 10.0. The SMILES string of the molecule is CCCCCCCCCCCCCCCCO[Si](CCC(C)S)(OCCCCCCCCCCCCCCCC)OCCCCCCCCCCCCCCCC. The maximum Gasteiger partial charge on any atom is 0.500 e. The van der Waals surface area contributed by atoms with Gasteiger partial charge in [0.25, 0.3) is 0 Å². The van der Waals surface area contributed by atoms with Crippen LogP contribution >= 0.6 is 12.6 Å². The van der Waals surface area contributed by atoms with Crippen LogP contribution in [0, 0.1) is 0 Å². The normalized spacial score (nSPS) is 12.6. The third kappa shape index (κ3) is 45.8. The van der Waals surface area contributed by atoms with Gasteiger partial charge in [-0.1, -0.05) is 278 Å². The summed E-state index contributed by atoms with van der Waals surface area (Å²) in [5, 5.41) is 0.343. The molecule has 0 N–H and O–H groups in total. The van der Waals surface area contributed by atoms with Gasteiger partial charge in [-0.3, -0.25) is 0 Å². The molecule has 0 aromatic heterocycles. The third-order valence-electron chi connectivity index (χ3n) is 12.3. The van der Waals surface area contributed by atoms with E-state index in [-0.39, 0.29) is 0 Å². The van der Waals surface area contributed by atoms with Crippen LogP contribution in [0.5, 0.6) is 0 Å². The fourth-order valence-electron chi connectivity index (χ4n) is 8.30. The van der Waals surface area contributed by atoms with E-state index in [2.05, 4.69) is 27.7 Å². The summed E-state index contributed by atoms with van der Waals surface area (Å²) in [6.45, 7) is 11.5. The van der Waals surface area contributed by atoms with Crippen molar-refractivity contribution in [3.8, 4) is 0 Å². The summed E-state index contributed by atoms with van der Waals surface area (Å²) in [6, 6.07) is 0.910. The van der Waals surface area contributed by atoms with Gasteiger partial charge in [0.2, 0.25) is 0 Å². The van der Waals surface area contributed by atoms with Crippen molar-refractivity contribution >= 4 is 21.4 Å². The van der Waals surface area contributed by atoms with E-state index >= 15 is 0 Å². The Morgan fingerprint density at radius 2 is 0.474 bits per heavy atom. The highest BCUT2D eigenvalue weighted by atomic mass is 32.1. The predicted octanol–water partition coefficient (Wildman–Crippen LogP) is 19.1. The van der Waals surface area contributed by atoms with E-state index in [1.807, 2.05) is 0 Å². The van der Waals surface area contributed by atoms with Crippen molar-refractivity contribution in [3.63, 3.8) is 0 Å². The molecule has 344 valence electrons. The first-order valence-corrected chi connectivity index (χ1v) is 29.1. The molecular weight excluding hydrogens is 733 g/mol. The van der Waals surface area contributed by atoms with Crippen LogP contribution in [0.1, 0.15) is 304 Å². The van der Waals surface area contributed by atoms with Gasteiger partial charge in [-0.05, 0) is 30.9 Å². The number of rotatable bonds is 51. The van der Waals surface area contributed by atoms with Gasteiger partial charge in [0.05, 0.1) is 0 Å². The summed E-state index contributed by atoms with van der Waals surface area (Å²) >= 11 is 4.77. The minimum atomic E-state index is -2.72. The van der Waals surface area contributed by atoms with Crippen molar-refractivity contribution in [2.24, 2.45) is 0 Å². The molecule has 1 unspecified atom stereocenters. The molecule has 0 saturated carbocycles. The lowest BCUT2D eigenvalue weighted by Crippen LogP contribution is -2.47. The topological polar surface area (TPSA) is 27.7 Å². The van der Waals surface area contributed by atoms with Crippen molar-refractivity contribution in [2.45, 2.75) is 315 Å². The smallest absolute Gasteiger partial charge is 0.373 e. The van der Waals surface area contributed by atoms with E-state index in [0.717, 1.165) is 51.5 Å². The molecular formula is C52H108O3SSi. The molecule has 0 rings (SSSR count). The lowest BCUT2D eigenvalue weighted by molar-refractivity contribution is 0.0548. The molecule has 0 aromatic rings. The van der Waals surface area contributed by atoms with Crippen molar-refractivity contribution in [2.75, 3.05) is 19.8 Å². The molecule has 0 bridgehead atoms. The minimum absolute atomic E-state index is 0.343. The molecule has 0 fully saturated rings. The molecule has 0 saturated heterocycles. The number of hydrogen-bond donors (Lipinski definition) is 1. The van der Waals surface area contributed by atoms with E-state index < -0.39 is 8.80 Å². The van der Waals surface area contributed by atoms with Crippen LogP contribution in [0.15, 0.2) is 0 Å². The number of hydrogen-bond acceptors (Lipinski definition) is 4. The quantitative estimate of drug-likeness (QED) is 0.0376. The first-order valence-electron chi connectivity index (χ1n) is 26.7. The fourth-order valence-corrected chi connectivity index (χ4v) is 11.5. The zero-order chi connectivity index (χ0) is 41.4. The average Bonchev–Trinajstić information content (AvgIpc) is 3.21. The maximum absolute atomic E-state index is 6.79. The second kappa shape index (κ2) is 49.1. The van der Waals surface area contributed by atoms with Crippen molar-refractivity contribution in [1.29, 1.82) is 0 Å². The zero-order valence-electron chi connectivity index (χ0n) is 40.0. The van der Waals surface area contributed by atoms with E-state index in [4.69, 9.17) is 25.9 Å². The summed E-state index contributed by atoms with van der Waals surface area (Å²) in [5.74, 6) is 0. The second-order valence-electron chi connectivity index (χ2n) is 18.4. The van der Waals surface area contributed by atoms with Crippen molar-refractivity contribution in [1.82, 2.24) is 0 Å². The van der Waals surface area contributed by atoms with Gasteiger partial charge in [-0.15, -0.1) is 0 Å². The summed E-state index contributed by atoms with van der Waals surface area (Å²) in [4.78, 5) is 0. The Balaban J connectivity index is 4.51. The largest absolute Gasteiger partial charge is 0.500 e. The maximum atomic E-state index is 6.79. The molecule has 0 aromatic carbocycles. The molecule has 57 heavy (non-hydrogen) atoms. The Labute approximate surface area is 368 Å². The molecule has 0 aliphatic heterocycles. The second-order valence-corrected chi connectivity index (χ2v) is 22.0. The van der Waals surface area contributed by atoms with Crippen LogP contribution in [-0.4, -0.2) is 33.9 Å². The number of unbranched alkanes of at least 4 members (excludes halogenated alkanes) is 39. The Morgan fingerprint density at radius 1 is 0.298 bits per heavy atom. The van der Waals surface area contributed by atoms with Gasteiger partial charge in [0.15, 0.2) is 0 Å². The average molecular weight is 842 g/mol. The van der Waals surface area contributed by atoms with Gasteiger partial charge in [0.1, 0.15) is 0 Å². The van der Waals surface area contributed by atoms with Crippen molar-refractivity contribution < 1.29 is 13.3 Å².